The summed E-state index contributed by atoms with van der Waals surface area (Å²) in [6.45, 7) is -0.448. The molecule has 0 radical (unpaired) electrons. The van der Waals surface area contributed by atoms with Crippen molar-refractivity contribution >= 4 is 0 Å². The van der Waals surface area contributed by atoms with Crippen LogP contribution in [0.15, 0.2) is 5.11 Å². The molecule has 1 N–H and O–H groups in total. The van der Waals surface area contributed by atoms with Crippen LogP contribution in [0.25, 0.3) is 10.4 Å². The molecule has 0 saturated carbocycles. The van der Waals surface area contributed by atoms with E-state index in [-0.39, 0.29) is 0 Å². The Hall–Kier alpha value is -0.730. The number of hydrogen-bond donors (Lipinski definition) is 1. The Morgan fingerprint density at radius 2 is 2.60 bits per heavy atom. The molecule has 0 bridgehead atoms. The maximum atomic E-state index is 7.65. The lowest BCUT2D eigenvalue weighted by molar-refractivity contribution is 0.307. The van der Waals surface area contributed by atoms with Gasteiger partial charge in [-0.05, 0) is 5.53 Å². The molecule has 0 aromatic rings. The summed E-state index contributed by atoms with van der Waals surface area (Å²) < 4.78 is 0. The highest BCUT2D eigenvalue weighted by Crippen LogP contribution is 1.57. The summed E-state index contributed by atoms with van der Waals surface area (Å²) in [5, 5.41) is 10.4. The van der Waals surface area contributed by atoms with E-state index >= 15 is 0 Å². The van der Waals surface area contributed by atoms with Crippen LogP contribution in [0.4, 0.5) is 0 Å². The first-order valence-electron chi connectivity index (χ1n) is 1.03. The third-order valence-corrected chi connectivity index (χ3v) is 0.126. The molecule has 0 rings (SSSR count). The molecule has 0 heterocycles. The summed E-state index contributed by atoms with van der Waals surface area (Å²) in [5.41, 5.74) is 7.36. The van der Waals surface area contributed by atoms with Crippen molar-refractivity contribution in [3.63, 3.8) is 0 Å². The molecule has 0 aliphatic rings. The predicted octanol–water partition coefficient (Wildman–Crippen LogP) is 0.246. The molecule has 0 aromatic heterocycles. The monoisotopic (exact) mass is 73.0 g/mol. The predicted molar refractivity (Wildman–Crippen MR) is 16.2 cm³/mol. The van der Waals surface area contributed by atoms with Crippen LogP contribution in [0.2, 0.25) is 0 Å². The van der Waals surface area contributed by atoms with E-state index in [0.29, 0.717) is 0 Å². The van der Waals surface area contributed by atoms with Crippen molar-refractivity contribution in [3.05, 3.63) is 10.4 Å². The second kappa shape index (κ2) is 3.27. The molecule has 0 amide bonds. The number of aliphatic hydroxyl groups excluding tert-OH is 1. The lowest BCUT2D eigenvalue weighted by atomic mass is 11.4. The zero-order valence-electron chi connectivity index (χ0n) is 2.50. The first-order valence-corrected chi connectivity index (χ1v) is 1.03. The van der Waals surface area contributed by atoms with Crippen LogP contribution in [-0.2, 0) is 0 Å². The van der Waals surface area contributed by atoms with Gasteiger partial charge in [-0.1, -0.05) is 5.11 Å². The average molecular weight is 73.1 g/mol. The minimum atomic E-state index is -0.448. The van der Waals surface area contributed by atoms with Crippen molar-refractivity contribution in [2.45, 2.75) is 0 Å². The molecule has 0 aromatic carbocycles. The smallest absolute Gasteiger partial charge is 0.122 e. The van der Waals surface area contributed by atoms with Crippen molar-refractivity contribution in [2.75, 3.05) is 6.73 Å². The van der Waals surface area contributed by atoms with Gasteiger partial charge in [0.2, 0.25) is 0 Å². The molecule has 0 spiro atoms. The molecule has 0 atom stereocenters. The third kappa shape index (κ3) is 3.27. The minimum Gasteiger partial charge on any atom is -0.390 e. The van der Waals surface area contributed by atoms with Gasteiger partial charge in [0.15, 0.2) is 0 Å². The van der Waals surface area contributed by atoms with Gasteiger partial charge < -0.3 is 5.11 Å². The van der Waals surface area contributed by atoms with Crippen molar-refractivity contribution in [1.82, 2.24) is 0 Å². The highest BCUT2D eigenvalue weighted by atomic mass is 16.3. The van der Waals surface area contributed by atoms with Crippen LogP contribution in [0.3, 0.4) is 0 Å². The maximum absolute atomic E-state index is 7.65. The van der Waals surface area contributed by atoms with Crippen molar-refractivity contribution in [2.24, 2.45) is 5.11 Å². The summed E-state index contributed by atoms with van der Waals surface area (Å²) in [6, 6.07) is 0. The fraction of sp³-hybridized carbons (Fsp3) is 1.00. The lowest BCUT2D eigenvalue weighted by Gasteiger charge is -1.59. The zero-order chi connectivity index (χ0) is 4.12. The summed E-state index contributed by atoms with van der Waals surface area (Å²) in [6.07, 6.45) is 0. The molecular formula is CH3N3O. The summed E-state index contributed by atoms with van der Waals surface area (Å²) in [4.78, 5) is 2.23. The highest BCUT2D eigenvalue weighted by molar-refractivity contribution is 4.33. The summed E-state index contributed by atoms with van der Waals surface area (Å²) in [7, 11) is 0. The number of aliphatic hydroxyl groups is 1. The molecule has 5 heavy (non-hydrogen) atoms. The summed E-state index contributed by atoms with van der Waals surface area (Å²) >= 11 is 0. The van der Waals surface area contributed by atoms with E-state index in [1.54, 1.807) is 0 Å². The SMILES string of the molecule is [N-]=[N+]=NCO. The molecule has 0 aliphatic heterocycles. The van der Waals surface area contributed by atoms with E-state index in [0.717, 1.165) is 0 Å². The van der Waals surface area contributed by atoms with Gasteiger partial charge in [-0.2, -0.15) is 0 Å². The molecule has 28 valence electrons. The molecule has 0 saturated heterocycles. The first-order chi connectivity index (χ1) is 2.41. The lowest BCUT2D eigenvalue weighted by Crippen LogP contribution is -1.62. The first kappa shape index (κ1) is 4.27. The standard InChI is InChI=1S/CH3N3O/c2-4-3-1-5/h5H,1H2. The van der Waals surface area contributed by atoms with E-state index < -0.39 is 6.73 Å². The molecule has 0 aliphatic carbocycles. The Morgan fingerprint density at radius 3 is 2.60 bits per heavy atom. The van der Waals surface area contributed by atoms with Crippen LogP contribution >= 0.6 is 0 Å². The minimum absolute atomic E-state index is 0.448. The molecular weight excluding hydrogens is 70.0 g/mol. The van der Waals surface area contributed by atoms with Crippen LogP contribution in [0.5, 0.6) is 0 Å². The number of azide groups is 1. The van der Waals surface area contributed by atoms with Gasteiger partial charge in [0.1, 0.15) is 6.73 Å². The number of nitrogens with zero attached hydrogens (tertiary/aromatic N) is 3. The van der Waals surface area contributed by atoms with Crippen LogP contribution in [-0.4, -0.2) is 11.8 Å². The van der Waals surface area contributed by atoms with Crippen LogP contribution in [0, 0.1) is 0 Å². The van der Waals surface area contributed by atoms with E-state index in [4.69, 9.17) is 10.6 Å². The van der Waals surface area contributed by atoms with Crippen LogP contribution in [0.1, 0.15) is 0 Å². The Balaban J connectivity index is 2.93. The van der Waals surface area contributed by atoms with Gasteiger partial charge in [0.05, 0.1) is 0 Å². The van der Waals surface area contributed by atoms with Gasteiger partial charge in [-0.3, -0.25) is 0 Å². The largest absolute Gasteiger partial charge is 0.390 e. The molecule has 0 unspecified atom stereocenters. The molecule has 0 fully saturated rings. The second-order valence-corrected chi connectivity index (χ2v) is 0.372. The van der Waals surface area contributed by atoms with Crippen LogP contribution < -0.4 is 0 Å². The fourth-order valence-electron chi connectivity index (χ4n) is 0.0283. The highest BCUT2D eigenvalue weighted by Gasteiger charge is 1.51. The zero-order valence-corrected chi connectivity index (χ0v) is 2.50. The third-order valence-electron chi connectivity index (χ3n) is 0.126. The Labute approximate surface area is 28.7 Å². The van der Waals surface area contributed by atoms with Crippen molar-refractivity contribution in [3.8, 4) is 0 Å². The Morgan fingerprint density at radius 1 is 2.00 bits per heavy atom. The van der Waals surface area contributed by atoms with Gasteiger partial charge in [0, 0.05) is 4.91 Å². The van der Waals surface area contributed by atoms with Gasteiger partial charge in [-0.25, -0.2) is 0 Å². The number of rotatable bonds is 1. The fourth-order valence-corrected chi connectivity index (χ4v) is 0.0283. The topological polar surface area (TPSA) is 69.0 Å². The van der Waals surface area contributed by atoms with Gasteiger partial charge in [0.25, 0.3) is 0 Å². The van der Waals surface area contributed by atoms with Gasteiger partial charge in [-0.15, -0.1) is 0 Å². The molecule has 4 nitrogen and oxygen atoms in total. The van der Waals surface area contributed by atoms with E-state index in [9.17, 15) is 0 Å². The molecule has 4 heteroatoms. The average Bonchev–Trinajstić information content (AvgIpc) is 1.41. The van der Waals surface area contributed by atoms with E-state index in [2.05, 4.69) is 10.0 Å². The number of hydrogen-bond acceptors (Lipinski definition) is 2. The Kier molecular flexibility index (Phi) is 2.79. The summed E-state index contributed by atoms with van der Waals surface area (Å²) in [5.74, 6) is 0. The second-order valence-electron chi connectivity index (χ2n) is 0.372. The normalized spacial score (nSPS) is 5.80. The van der Waals surface area contributed by atoms with E-state index in [1.807, 2.05) is 0 Å². The van der Waals surface area contributed by atoms with Gasteiger partial charge >= 0.3 is 0 Å². The quantitative estimate of drug-likeness (QED) is 0.269. The van der Waals surface area contributed by atoms with Crippen molar-refractivity contribution in [1.29, 1.82) is 0 Å². The maximum Gasteiger partial charge on any atom is 0.122 e. The van der Waals surface area contributed by atoms with Crippen molar-refractivity contribution < 1.29 is 5.11 Å². The Bertz CT molecular complexity index is 53.9. The van der Waals surface area contributed by atoms with E-state index in [1.165, 1.54) is 0 Å².